The lowest BCUT2D eigenvalue weighted by molar-refractivity contribution is 0.572. The van der Waals surface area contributed by atoms with Crippen molar-refractivity contribution in [2.45, 2.75) is 25.9 Å². The zero-order chi connectivity index (χ0) is 20.1. The van der Waals surface area contributed by atoms with Crippen molar-refractivity contribution in [3.63, 3.8) is 0 Å². The molecular formula is C23H28IN5O. The van der Waals surface area contributed by atoms with E-state index in [9.17, 15) is 0 Å². The highest BCUT2D eigenvalue weighted by Gasteiger charge is 2.13. The van der Waals surface area contributed by atoms with Crippen molar-refractivity contribution < 1.29 is 4.42 Å². The molecule has 7 heteroatoms. The average Bonchev–Trinajstić information content (AvgIpc) is 3.24. The van der Waals surface area contributed by atoms with Gasteiger partial charge in [-0.2, -0.15) is 0 Å². The topological polar surface area (TPSA) is 65.7 Å². The van der Waals surface area contributed by atoms with Crippen LogP contribution in [0.1, 0.15) is 23.2 Å². The Morgan fingerprint density at radius 1 is 1.13 bits per heavy atom. The van der Waals surface area contributed by atoms with E-state index < -0.39 is 0 Å². The highest BCUT2D eigenvalue weighted by atomic mass is 127. The summed E-state index contributed by atoms with van der Waals surface area (Å²) >= 11 is 0. The third kappa shape index (κ3) is 5.33. The fraction of sp³-hybridized carbons (Fsp3) is 0.304. The predicted octanol–water partition coefficient (Wildman–Crippen LogP) is 4.21. The maximum Gasteiger partial charge on any atom is 0.226 e. The minimum absolute atomic E-state index is 0. The Morgan fingerprint density at radius 2 is 1.93 bits per heavy atom. The van der Waals surface area contributed by atoms with Gasteiger partial charge in [0.2, 0.25) is 5.89 Å². The molecule has 2 N–H and O–H groups in total. The number of anilines is 1. The minimum atomic E-state index is 0. The molecule has 30 heavy (non-hydrogen) atoms. The van der Waals surface area contributed by atoms with E-state index in [4.69, 9.17) is 4.42 Å². The Kier molecular flexibility index (Phi) is 7.73. The zero-order valence-electron chi connectivity index (χ0n) is 17.4. The van der Waals surface area contributed by atoms with Gasteiger partial charge in [0.25, 0.3) is 0 Å². The molecule has 0 spiro atoms. The highest BCUT2D eigenvalue weighted by Crippen LogP contribution is 2.26. The number of benzene rings is 2. The second-order valence-electron chi connectivity index (χ2n) is 7.28. The van der Waals surface area contributed by atoms with Crippen molar-refractivity contribution >= 4 is 35.6 Å². The molecule has 6 nitrogen and oxygen atoms in total. The molecule has 0 fully saturated rings. The fourth-order valence-electron chi connectivity index (χ4n) is 3.63. The molecule has 4 rings (SSSR count). The number of aromatic nitrogens is 1. The van der Waals surface area contributed by atoms with Crippen LogP contribution in [0.25, 0.3) is 11.5 Å². The maximum atomic E-state index is 5.59. The third-order valence-corrected chi connectivity index (χ3v) is 5.19. The molecule has 0 saturated heterocycles. The van der Waals surface area contributed by atoms with Gasteiger partial charge in [-0.05, 0) is 42.2 Å². The van der Waals surface area contributed by atoms with Crippen LogP contribution < -0.4 is 15.5 Å². The van der Waals surface area contributed by atoms with E-state index in [1.54, 1.807) is 13.3 Å². The monoisotopic (exact) mass is 517 g/mol. The van der Waals surface area contributed by atoms with Gasteiger partial charge in [0.1, 0.15) is 6.26 Å². The van der Waals surface area contributed by atoms with Gasteiger partial charge in [0.05, 0.1) is 12.2 Å². The largest absolute Gasteiger partial charge is 0.444 e. The molecule has 2 aromatic carbocycles. The Balaban J connectivity index is 0.00000256. The lowest BCUT2D eigenvalue weighted by Gasteiger charge is -2.28. The maximum absolute atomic E-state index is 5.59. The molecule has 0 amide bonds. The van der Waals surface area contributed by atoms with E-state index in [0.717, 1.165) is 36.7 Å². The van der Waals surface area contributed by atoms with E-state index in [1.807, 2.05) is 30.3 Å². The van der Waals surface area contributed by atoms with E-state index in [-0.39, 0.29) is 24.0 Å². The van der Waals surface area contributed by atoms with E-state index in [1.165, 1.54) is 23.2 Å². The molecule has 1 aromatic heterocycles. The van der Waals surface area contributed by atoms with Crippen LogP contribution in [0, 0.1) is 0 Å². The fourth-order valence-corrected chi connectivity index (χ4v) is 3.63. The molecule has 0 saturated carbocycles. The average molecular weight is 517 g/mol. The molecule has 158 valence electrons. The first-order valence-corrected chi connectivity index (χ1v) is 10.0. The Morgan fingerprint density at radius 3 is 2.73 bits per heavy atom. The van der Waals surface area contributed by atoms with Crippen molar-refractivity contribution in [2.75, 3.05) is 25.5 Å². The summed E-state index contributed by atoms with van der Waals surface area (Å²) in [5.41, 5.74) is 5.84. The van der Waals surface area contributed by atoms with E-state index >= 15 is 0 Å². The van der Waals surface area contributed by atoms with Gasteiger partial charge < -0.3 is 20.0 Å². The molecule has 0 bridgehead atoms. The van der Waals surface area contributed by atoms with Crippen LogP contribution in [0.2, 0.25) is 0 Å². The number of nitrogens with zero attached hydrogens (tertiary/aromatic N) is 3. The van der Waals surface area contributed by atoms with E-state index in [0.29, 0.717) is 12.4 Å². The van der Waals surface area contributed by atoms with Crippen molar-refractivity contribution in [1.82, 2.24) is 15.6 Å². The van der Waals surface area contributed by atoms with Crippen molar-refractivity contribution in [3.05, 3.63) is 71.6 Å². The van der Waals surface area contributed by atoms with Gasteiger partial charge in [-0.3, -0.25) is 4.99 Å². The van der Waals surface area contributed by atoms with Crippen molar-refractivity contribution in [2.24, 2.45) is 4.99 Å². The Bertz CT molecular complexity index is 986. The van der Waals surface area contributed by atoms with Gasteiger partial charge in [-0.15, -0.1) is 24.0 Å². The van der Waals surface area contributed by atoms with Crippen LogP contribution in [-0.4, -0.2) is 31.6 Å². The van der Waals surface area contributed by atoms with E-state index in [2.05, 4.69) is 50.8 Å². The Hall–Kier alpha value is -2.55. The van der Waals surface area contributed by atoms with Crippen molar-refractivity contribution in [3.8, 4) is 11.5 Å². The summed E-state index contributed by atoms with van der Waals surface area (Å²) in [6.45, 7) is 2.41. The number of hydrogen-bond acceptors (Lipinski definition) is 4. The quantitative estimate of drug-likeness (QED) is 0.302. The summed E-state index contributed by atoms with van der Waals surface area (Å²) < 4.78 is 5.59. The van der Waals surface area contributed by atoms with Gasteiger partial charge in [0.15, 0.2) is 5.96 Å². The molecule has 0 radical (unpaired) electrons. The highest BCUT2D eigenvalue weighted by molar-refractivity contribution is 14.0. The number of oxazole rings is 1. The summed E-state index contributed by atoms with van der Waals surface area (Å²) in [6, 6.07) is 16.6. The normalized spacial score (nSPS) is 13.4. The first kappa shape index (κ1) is 22.1. The lowest BCUT2D eigenvalue weighted by atomic mass is 9.99. The molecule has 0 atom stereocenters. The molecule has 3 aromatic rings. The number of rotatable bonds is 5. The van der Waals surface area contributed by atoms with Crippen LogP contribution >= 0.6 is 24.0 Å². The predicted molar refractivity (Wildman–Crippen MR) is 132 cm³/mol. The Labute approximate surface area is 194 Å². The summed E-state index contributed by atoms with van der Waals surface area (Å²) in [7, 11) is 3.93. The number of nitrogens with one attached hydrogen (secondary N) is 2. The first-order valence-electron chi connectivity index (χ1n) is 10.0. The summed E-state index contributed by atoms with van der Waals surface area (Å²) in [5, 5.41) is 6.68. The number of guanidine groups is 1. The summed E-state index contributed by atoms with van der Waals surface area (Å²) in [5.74, 6) is 1.37. The molecular weight excluding hydrogens is 489 g/mol. The summed E-state index contributed by atoms with van der Waals surface area (Å²) in [6.07, 6.45) is 4.05. The standard InChI is InChI=1S/C23H27N5O.HI/c1-24-23(25-14-17-10-11-21-19(13-17)9-6-12-28(21)2)26-15-20-16-29-22(27-20)18-7-4-3-5-8-18;/h3-5,7-8,10-11,13,16H,6,9,12,14-15H2,1-2H3,(H2,24,25,26);1H. The molecule has 2 heterocycles. The van der Waals surface area contributed by atoms with Gasteiger partial charge in [0, 0.05) is 38.4 Å². The number of aliphatic imine (C=N–C) groups is 1. The van der Waals surface area contributed by atoms with Crippen LogP contribution in [0.3, 0.4) is 0 Å². The molecule has 0 aliphatic carbocycles. The number of aryl methyl sites for hydroxylation is 1. The van der Waals surface area contributed by atoms with Gasteiger partial charge >= 0.3 is 0 Å². The van der Waals surface area contributed by atoms with Crippen LogP contribution in [0.15, 0.2) is 64.2 Å². The van der Waals surface area contributed by atoms with Gasteiger partial charge in [-0.25, -0.2) is 4.98 Å². The number of fused-ring (bicyclic) bond motifs is 1. The van der Waals surface area contributed by atoms with Crippen LogP contribution in [0.5, 0.6) is 0 Å². The number of hydrogen-bond donors (Lipinski definition) is 2. The smallest absolute Gasteiger partial charge is 0.226 e. The second-order valence-corrected chi connectivity index (χ2v) is 7.28. The second kappa shape index (κ2) is 10.5. The van der Waals surface area contributed by atoms with Gasteiger partial charge in [-0.1, -0.05) is 30.3 Å². The minimum Gasteiger partial charge on any atom is -0.444 e. The summed E-state index contributed by atoms with van der Waals surface area (Å²) in [4.78, 5) is 11.2. The van der Waals surface area contributed by atoms with Crippen LogP contribution in [-0.2, 0) is 19.5 Å². The van der Waals surface area contributed by atoms with Crippen LogP contribution in [0.4, 0.5) is 5.69 Å². The first-order chi connectivity index (χ1) is 14.2. The molecule has 1 aliphatic heterocycles. The number of halogens is 1. The molecule has 1 aliphatic rings. The SMILES string of the molecule is CN=C(NCc1ccc2c(c1)CCCN2C)NCc1coc(-c2ccccc2)n1.I. The lowest BCUT2D eigenvalue weighted by Crippen LogP contribution is -2.36. The third-order valence-electron chi connectivity index (χ3n) is 5.19. The molecule has 0 unspecified atom stereocenters. The van der Waals surface area contributed by atoms with Crippen molar-refractivity contribution in [1.29, 1.82) is 0 Å². The zero-order valence-corrected chi connectivity index (χ0v) is 19.7.